The number of ether oxygens (including phenoxy) is 3. The molecule has 0 aliphatic heterocycles. The molecule has 0 bridgehead atoms. The van der Waals surface area contributed by atoms with Crippen molar-refractivity contribution in [3.63, 3.8) is 0 Å². The van der Waals surface area contributed by atoms with Crippen LogP contribution in [0.5, 0.6) is 17.2 Å². The van der Waals surface area contributed by atoms with E-state index >= 15 is 0 Å². The first-order valence-corrected chi connectivity index (χ1v) is 7.68. The number of amides is 2. The van der Waals surface area contributed by atoms with Gasteiger partial charge in [-0.3, -0.25) is 20.4 Å². The second-order valence-electron chi connectivity index (χ2n) is 4.78. The Morgan fingerprint density at radius 2 is 1.44 bits per heavy atom. The van der Waals surface area contributed by atoms with Gasteiger partial charge in [0.1, 0.15) is 5.75 Å². The first kappa shape index (κ1) is 18.4. The van der Waals surface area contributed by atoms with Gasteiger partial charge in [0, 0.05) is 5.02 Å². The van der Waals surface area contributed by atoms with Crippen LogP contribution in [0.4, 0.5) is 0 Å². The third-order valence-corrected chi connectivity index (χ3v) is 3.20. The molecule has 0 aliphatic carbocycles. The van der Waals surface area contributed by atoms with Gasteiger partial charge in [0.2, 0.25) is 0 Å². The smallest absolute Gasteiger partial charge is 0.276 e. The number of nitrogens with one attached hydrogen (secondary N) is 2. The molecule has 2 aromatic rings. The standard InChI is InChI=1S/C17H17ClN2O5/c1-23-14-4-2-3-5-15(14)25-11-17(22)20-19-16(21)10-24-13-8-6-12(18)7-9-13/h2-9H,10-11H2,1H3,(H,19,21)(H,20,22). The van der Waals surface area contributed by atoms with Crippen LogP contribution < -0.4 is 25.1 Å². The molecule has 0 aliphatic rings. The van der Waals surface area contributed by atoms with E-state index in [0.717, 1.165) is 0 Å². The highest BCUT2D eigenvalue weighted by atomic mass is 35.5. The maximum Gasteiger partial charge on any atom is 0.276 e. The third kappa shape index (κ3) is 6.23. The lowest BCUT2D eigenvalue weighted by atomic mass is 10.3. The molecule has 0 aromatic heterocycles. The van der Waals surface area contributed by atoms with Gasteiger partial charge in [0.25, 0.3) is 11.8 Å². The zero-order chi connectivity index (χ0) is 18.1. The summed E-state index contributed by atoms with van der Waals surface area (Å²) >= 11 is 5.75. The molecule has 0 saturated carbocycles. The molecule has 0 saturated heterocycles. The number of benzene rings is 2. The van der Waals surface area contributed by atoms with Crippen LogP contribution >= 0.6 is 11.6 Å². The number of rotatable bonds is 7. The summed E-state index contributed by atoms with van der Waals surface area (Å²) in [6, 6.07) is 13.5. The highest BCUT2D eigenvalue weighted by Gasteiger charge is 2.08. The van der Waals surface area contributed by atoms with Crippen LogP contribution in [0.2, 0.25) is 5.02 Å². The van der Waals surface area contributed by atoms with Crippen LogP contribution in [0, 0.1) is 0 Å². The second-order valence-corrected chi connectivity index (χ2v) is 5.21. The van der Waals surface area contributed by atoms with Gasteiger partial charge in [0.05, 0.1) is 7.11 Å². The van der Waals surface area contributed by atoms with Gasteiger partial charge in [-0.15, -0.1) is 0 Å². The Hall–Kier alpha value is -2.93. The van der Waals surface area contributed by atoms with E-state index in [4.69, 9.17) is 25.8 Å². The predicted octanol–water partition coefficient (Wildman–Crippen LogP) is 1.95. The van der Waals surface area contributed by atoms with Crippen molar-refractivity contribution >= 4 is 23.4 Å². The van der Waals surface area contributed by atoms with Gasteiger partial charge in [-0.05, 0) is 36.4 Å². The first-order chi connectivity index (χ1) is 12.1. The van der Waals surface area contributed by atoms with Crippen molar-refractivity contribution in [2.24, 2.45) is 0 Å². The molecule has 2 aromatic carbocycles. The van der Waals surface area contributed by atoms with Crippen molar-refractivity contribution in [2.75, 3.05) is 20.3 Å². The topological polar surface area (TPSA) is 85.9 Å². The second kappa shape index (κ2) is 9.39. The normalized spacial score (nSPS) is 9.84. The van der Waals surface area contributed by atoms with Gasteiger partial charge in [-0.1, -0.05) is 23.7 Å². The minimum atomic E-state index is -0.522. The lowest BCUT2D eigenvalue weighted by Crippen LogP contribution is -2.45. The fraction of sp³-hybridized carbons (Fsp3) is 0.176. The quantitative estimate of drug-likeness (QED) is 0.733. The highest BCUT2D eigenvalue weighted by molar-refractivity contribution is 6.30. The SMILES string of the molecule is COc1ccccc1OCC(=O)NNC(=O)COc1ccc(Cl)cc1. The Morgan fingerprint density at radius 1 is 0.880 bits per heavy atom. The summed E-state index contributed by atoms with van der Waals surface area (Å²) in [5.74, 6) is 0.393. The molecule has 0 spiro atoms. The molecule has 2 rings (SSSR count). The number of hydrazine groups is 1. The molecule has 2 N–H and O–H groups in total. The summed E-state index contributed by atoms with van der Waals surface area (Å²) < 4.78 is 15.7. The van der Waals surface area contributed by atoms with Crippen molar-refractivity contribution in [1.82, 2.24) is 10.9 Å². The van der Waals surface area contributed by atoms with E-state index in [1.54, 1.807) is 48.5 Å². The monoisotopic (exact) mass is 364 g/mol. The lowest BCUT2D eigenvalue weighted by Gasteiger charge is -2.11. The highest BCUT2D eigenvalue weighted by Crippen LogP contribution is 2.25. The Morgan fingerprint density at radius 3 is 2.04 bits per heavy atom. The third-order valence-electron chi connectivity index (χ3n) is 2.95. The van der Waals surface area contributed by atoms with Crippen LogP contribution in [0.1, 0.15) is 0 Å². The van der Waals surface area contributed by atoms with E-state index in [9.17, 15) is 9.59 Å². The Bertz CT molecular complexity index is 721. The molecule has 8 heteroatoms. The van der Waals surface area contributed by atoms with Crippen LogP contribution in [-0.4, -0.2) is 32.1 Å². The molecule has 0 radical (unpaired) electrons. The molecule has 2 amide bonds. The summed E-state index contributed by atoms with van der Waals surface area (Å²) in [7, 11) is 1.50. The fourth-order valence-corrected chi connectivity index (χ4v) is 1.90. The Kier molecular flexibility index (Phi) is 6.91. The number of hydrogen-bond acceptors (Lipinski definition) is 5. The van der Waals surface area contributed by atoms with Gasteiger partial charge < -0.3 is 14.2 Å². The van der Waals surface area contributed by atoms with Crippen molar-refractivity contribution in [1.29, 1.82) is 0 Å². The summed E-state index contributed by atoms with van der Waals surface area (Å²) in [5.41, 5.74) is 4.46. The zero-order valence-corrected chi connectivity index (χ0v) is 14.2. The molecule has 7 nitrogen and oxygen atoms in total. The summed E-state index contributed by atoms with van der Waals surface area (Å²) in [6.45, 7) is -0.534. The summed E-state index contributed by atoms with van der Waals surface area (Å²) in [6.07, 6.45) is 0. The van der Waals surface area contributed by atoms with Gasteiger partial charge in [-0.2, -0.15) is 0 Å². The van der Waals surface area contributed by atoms with E-state index in [1.807, 2.05) is 0 Å². The first-order valence-electron chi connectivity index (χ1n) is 7.30. The molecule has 132 valence electrons. The summed E-state index contributed by atoms with van der Waals surface area (Å²) in [5, 5.41) is 0.569. The van der Waals surface area contributed by atoms with Crippen LogP contribution in [0.3, 0.4) is 0 Å². The van der Waals surface area contributed by atoms with E-state index in [1.165, 1.54) is 7.11 Å². The summed E-state index contributed by atoms with van der Waals surface area (Å²) in [4.78, 5) is 23.3. The van der Waals surface area contributed by atoms with E-state index < -0.39 is 11.8 Å². The molecular formula is C17H17ClN2O5. The Labute approximate surface area is 149 Å². The molecule has 0 atom stereocenters. The molecule has 25 heavy (non-hydrogen) atoms. The van der Waals surface area contributed by atoms with Crippen molar-refractivity contribution in [3.05, 3.63) is 53.6 Å². The number of halogens is 1. The number of carbonyl (C=O) groups excluding carboxylic acids is 2. The molecule has 0 fully saturated rings. The maximum atomic E-state index is 11.7. The predicted molar refractivity (Wildman–Crippen MR) is 91.7 cm³/mol. The maximum absolute atomic E-state index is 11.7. The van der Waals surface area contributed by atoms with E-state index in [-0.39, 0.29) is 13.2 Å². The fourth-order valence-electron chi connectivity index (χ4n) is 1.77. The van der Waals surface area contributed by atoms with Gasteiger partial charge >= 0.3 is 0 Å². The molecular weight excluding hydrogens is 348 g/mol. The number of hydrogen-bond donors (Lipinski definition) is 2. The van der Waals surface area contributed by atoms with Crippen molar-refractivity contribution in [2.45, 2.75) is 0 Å². The van der Waals surface area contributed by atoms with Gasteiger partial charge in [0.15, 0.2) is 24.7 Å². The minimum absolute atomic E-state index is 0.255. The Balaban J connectivity index is 1.68. The van der Waals surface area contributed by atoms with Gasteiger partial charge in [-0.25, -0.2) is 0 Å². The molecule has 0 heterocycles. The average molecular weight is 365 g/mol. The number of carbonyl (C=O) groups is 2. The lowest BCUT2D eigenvalue weighted by molar-refractivity contribution is -0.131. The van der Waals surface area contributed by atoms with Crippen LogP contribution in [0.25, 0.3) is 0 Å². The van der Waals surface area contributed by atoms with Crippen LogP contribution in [-0.2, 0) is 9.59 Å². The van der Waals surface area contributed by atoms with E-state index in [0.29, 0.717) is 22.3 Å². The number of methoxy groups -OCH3 is 1. The average Bonchev–Trinajstić information content (AvgIpc) is 2.64. The van der Waals surface area contributed by atoms with Crippen molar-refractivity contribution < 1.29 is 23.8 Å². The number of para-hydroxylation sites is 2. The minimum Gasteiger partial charge on any atom is -0.493 e. The largest absolute Gasteiger partial charge is 0.493 e. The molecule has 0 unspecified atom stereocenters. The van der Waals surface area contributed by atoms with Crippen LogP contribution in [0.15, 0.2) is 48.5 Å². The van der Waals surface area contributed by atoms with E-state index in [2.05, 4.69) is 10.9 Å². The zero-order valence-electron chi connectivity index (χ0n) is 13.5. The van der Waals surface area contributed by atoms with Crippen molar-refractivity contribution in [3.8, 4) is 17.2 Å².